The van der Waals surface area contributed by atoms with Gasteiger partial charge in [-0.2, -0.15) is 0 Å². The van der Waals surface area contributed by atoms with Crippen LogP contribution in [0.15, 0.2) is 0 Å². The van der Waals surface area contributed by atoms with E-state index >= 15 is 0 Å². The lowest BCUT2D eigenvalue weighted by molar-refractivity contribution is -0.414. The highest BCUT2D eigenvalue weighted by Gasteiger charge is 2.22. The van der Waals surface area contributed by atoms with Crippen molar-refractivity contribution in [2.75, 3.05) is 6.61 Å². The minimum Gasteiger partial charge on any atom is -0.233 e. The van der Waals surface area contributed by atoms with E-state index in [1.54, 1.807) is 0 Å². The van der Waals surface area contributed by atoms with Crippen molar-refractivity contribution in [1.82, 2.24) is 0 Å². The molecule has 116 valence electrons. The zero-order chi connectivity index (χ0) is 14.9. The highest BCUT2D eigenvalue weighted by Crippen LogP contribution is 2.18. The van der Waals surface area contributed by atoms with Crippen LogP contribution in [0.4, 0.5) is 0 Å². The lowest BCUT2D eigenvalue weighted by Gasteiger charge is -2.26. The van der Waals surface area contributed by atoms with Crippen molar-refractivity contribution in [3.05, 3.63) is 0 Å². The predicted octanol–water partition coefficient (Wildman–Crippen LogP) is 4.43. The highest BCUT2D eigenvalue weighted by atomic mass is 17.2. The Morgan fingerprint density at radius 1 is 0.895 bits per heavy atom. The fraction of sp³-hybridized carbons (Fsp3) is 1.00. The van der Waals surface area contributed by atoms with E-state index in [0.717, 1.165) is 25.7 Å². The quantitative estimate of drug-likeness (QED) is 0.413. The van der Waals surface area contributed by atoms with E-state index in [9.17, 15) is 0 Å². The van der Waals surface area contributed by atoms with Gasteiger partial charge in [0, 0.05) is 0 Å². The SMILES string of the molecule is CCCC(C)(C)OOCC(CC)OOC(C)(C)CC. The minimum absolute atomic E-state index is 0.108. The molecule has 0 aromatic heterocycles. The van der Waals surface area contributed by atoms with E-state index in [1.807, 2.05) is 34.6 Å². The van der Waals surface area contributed by atoms with E-state index < -0.39 is 0 Å². The Morgan fingerprint density at radius 2 is 1.53 bits per heavy atom. The molecule has 1 unspecified atom stereocenters. The van der Waals surface area contributed by atoms with Gasteiger partial charge in [0.15, 0.2) is 0 Å². The average Bonchev–Trinajstić information content (AvgIpc) is 2.33. The Hall–Kier alpha value is -0.160. The molecule has 0 aromatic carbocycles. The summed E-state index contributed by atoms with van der Waals surface area (Å²) >= 11 is 0. The first-order chi connectivity index (χ1) is 8.76. The number of hydrogen-bond acceptors (Lipinski definition) is 4. The summed E-state index contributed by atoms with van der Waals surface area (Å²) in [6.07, 6.45) is 3.63. The molecule has 0 rings (SSSR count). The van der Waals surface area contributed by atoms with E-state index in [4.69, 9.17) is 19.6 Å². The Labute approximate surface area is 118 Å². The van der Waals surface area contributed by atoms with Crippen LogP contribution in [0, 0.1) is 0 Å². The van der Waals surface area contributed by atoms with Crippen LogP contribution in [-0.2, 0) is 19.6 Å². The van der Waals surface area contributed by atoms with Gasteiger partial charge in [-0.05, 0) is 47.0 Å². The molecule has 0 aromatic rings. The van der Waals surface area contributed by atoms with Crippen molar-refractivity contribution < 1.29 is 19.6 Å². The number of hydrogen-bond donors (Lipinski definition) is 0. The summed E-state index contributed by atoms with van der Waals surface area (Å²) in [5.41, 5.74) is -0.521. The third-order valence-electron chi connectivity index (χ3n) is 3.11. The Bertz CT molecular complexity index is 226. The van der Waals surface area contributed by atoms with Gasteiger partial charge in [0.2, 0.25) is 0 Å². The molecule has 19 heavy (non-hydrogen) atoms. The zero-order valence-corrected chi connectivity index (χ0v) is 13.7. The third kappa shape index (κ3) is 9.38. The van der Waals surface area contributed by atoms with Crippen LogP contribution in [0.3, 0.4) is 0 Å². The molecule has 4 nitrogen and oxygen atoms in total. The standard InChI is InChI=1S/C15H32O4/c1-8-11-15(6,7)18-16-12-13(9-2)17-19-14(4,5)10-3/h13H,8-12H2,1-7H3. The molecule has 0 radical (unpaired) electrons. The van der Waals surface area contributed by atoms with Crippen LogP contribution in [0.5, 0.6) is 0 Å². The molecule has 4 heteroatoms. The van der Waals surface area contributed by atoms with Gasteiger partial charge >= 0.3 is 0 Å². The maximum Gasteiger partial charge on any atom is 0.119 e. The molecule has 0 heterocycles. The summed E-state index contributed by atoms with van der Waals surface area (Å²) in [6.45, 7) is 14.7. The second-order valence-corrected chi connectivity index (χ2v) is 6.20. The summed E-state index contributed by atoms with van der Waals surface area (Å²) in [4.78, 5) is 21.6. The van der Waals surface area contributed by atoms with Crippen LogP contribution >= 0.6 is 0 Å². The molecule has 0 aliphatic carbocycles. The highest BCUT2D eigenvalue weighted by molar-refractivity contribution is 4.65. The third-order valence-corrected chi connectivity index (χ3v) is 3.11. The molecular formula is C15H32O4. The minimum atomic E-state index is -0.268. The molecule has 0 spiro atoms. The summed E-state index contributed by atoms with van der Waals surface area (Å²) in [6, 6.07) is 0. The van der Waals surface area contributed by atoms with Crippen LogP contribution in [0.25, 0.3) is 0 Å². The maximum absolute atomic E-state index is 5.43. The van der Waals surface area contributed by atoms with E-state index in [-0.39, 0.29) is 17.3 Å². The molecule has 0 saturated heterocycles. The summed E-state index contributed by atoms with van der Waals surface area (Å²) in [5, 5.41) is 0. The molecule has 0 saturated carbocycles. The van der Waals surface area contributed by atoms with Gasteiger partial charge < -0.3 is 0 Å². The molecule has 0 fully saturated rings. The monoisotopic (exact) mass is 276 g/mol. The van der Waals surface area contributed by atoms with Crippen LogP contribution in [0.1, 0.15) is 74.1 Å². The normalized spacial score (nSPS) is 14.7. The van der Waals surface area contributed by atoms with Crippen molar-refractivity contribution in [1.29, 1.82) is 0 Å². The van der Waals surface area contributed by atoms with Gasteiger partial charge in [0.05, 0.1) is 11.2 Å². The van der Waals surface area contributed by atoms with Crippen molar-refractivity contribution in [2.24, 2.45) is 0 Å². The predicted molar refractivity (Wildman–Crippen MR) is 76.6 cm³/mol. The molecule has 0 amide bonds. The van der Waals surface area contributed by atoms with Crippen LogP contribution in [0.2, 0.25) is 0 Å². The Balaban J connectivity index is 3.94. The molecule has 0 bridgehead atoms. The first-order valence-corrected chi connectivity index (χ1v) is 7.41. The van der Waals surface area contributed by atoms with Gasteiger partial charge in [-0.15, -0.1) is 0 Å². The van der Waals surface area contributed by atoms with Crippen molar-refractivity contribution in [3.8, 4) is 0 Å². The zero-order valence-electron chi connectivity index (χ0n) is 13.7. The van der Waals surface area contributed by atoms with Gasteiger partial charge in [-0.3, -0.25) is 0 Å². The van der Waals surface area contributed by atoms with Gasteiger partial charge in [-0.1, -0.05) is 27.2 Å². The van der Waals surface area contributed by atoms with Gasteiger partial charge in [-0.25, -0.2) is 19.6 Å². The Kier molecular flexibility index (Phi) is 8.83. The second kappa shape index (κ2) is 8.90. The van der Waals surface area contributed by atoms with Crippen molar-refractivity contribution in [3.63, 3.8) is 0 Å². The van der Waals surface area contributed by atoms with E-state index in [0.29, 0.717) is 6.61 Å². The molecule has 0 N–H and O–H groups in total. The Morgan fingerprint density at radius 3 is 2.00 bits per heavy atom. The topological polar surface area (TPSA) is 36.9 Å². The van der Waals surface area contributed by atoms with Gasteiger partial charge in [0.1, 0.15) is 12.7 Å². The van der Waals surface area contributed by atoms with Crippen molar-refractivity contribution >= 4 is 0 Å². The lowest BCUT2D eigenvalue weighted by Crippen LogP contribution is -2.31. The van der Waals surface area contributed by atoms with E-state index in [1.165, 1.54) is 0 Å². The molecule has 0 aliphatic heterocycles. The molecular weight excluding hydrogens is 244 g/mol. The largest absolute Gasteiger partial charge is 0.233 e. The maximum atomic E-state index is 5.43. The van der Waals surface area contributed by atoms with Crippen LogP contribution in [-0.4, -0.2) is 23.9 Å². The molecule has 1 atom stereocenters. The first-order valence-electron chi connectivity index (χ1n) is 7.41. The number of rotatable bonds is 11. The van der Waals surface area contributed by atoms with Crippen LogP contribution < -0.4 is 0 Å². The second-order valence-electron chi connectivity index (χ2n) is 6.20. The van der Waals surface area contributed by atoms with E-state index in [2.05, 4.69) is 13.8 Å². The average molecular weight is 276 g/mol. The summed E-state index contributed by atoms with van der Waals surface area (Å²) < 4.78 is 0. The lowest BCUT2D eigenvalue weighted by atomic mass is 10.0. The fourth-order valence-electron chi connectivity index (χ4n) is 1.38. The molecule has 0 aliphatic rings. The summed E-state index contributed by atoms with van der Waals surface area (Å²) in [7, 11) is 0. The first kappa shape index (κ1) is 18.8. The van der Waals surface area contributed by atoms with Crippen molar-refractivity contribution in [2.45, 2.75) is 91.5 Å². The van der Waals surface area contributed by atoms with Gasteiger partial charge in [0.25, 0.3) is 0 Å². The fourth-order valence-corrected chi connectivity index (χ4v) is 1.38. The smallest absolute Gasteiger partial charge is 0.119 e. The summed E-state index contributed by atoms with van der Waals surface area (Å²) in [5.74, 6) is 0.